The highest BCUT2D eigenvalue weighted by Crippen LogP contribution is 2.60. The quantitative estimate of drug-likeness (QED) is 0.561. The van der Waals surface area contributed by atoms with Gasteiger partial charge < -0.3 is 0 Å². The Morgan fingerprint density at radius 3 is 2.50 bits per heavy atom. The van der Waals surface area contributed by atoms with E-state index in [2.05, 4.69) is 51.1 Å². The third-order valence-electron chi connectivity index (χ3n) is 6.39. The lowest BCUT2D eigenvalue weighted by molar-refractivity contribution is -0.0171. The van der Waals surface area contributed by atoms with Crippen molar-refractivity contribution in [2.75, 3.05) is 5.88 Å². The lowest BCUT2D eigenvalue weighted by Gasteiger charge is -2.57. The molecular formula is C21H31Cl. The van der Waals surface area contributed by atoms with Crippen LogP contribution >= 0.6 is 11.6 Å². The summed E-state index contributed by atoms with van der Waals surface area (Å²) in [5, 5.41) is 0. The SMILES string of the molecule is CC1CC2(c3ccccc3)CC(CC(C)(C)C2)C1CCCCl. The average molecular weight is 319 g/mol. The van der Waals surface area contributed by atoms with Crippen LogP contribution in [-0.4, -0.2) is 5.88 Å². The monoisotopic (exact) mass is 318 g/mol. The largest absolute Gasteiger partial charge is 0.127 e. The molecule has 22 heavy (non-hydrogen) atoms. The molecule has 2 aliphatic rings. The minimum absolute atomic E-state index is 0.421. The fourth-order valence-electron chi connectivity index (χ4n) is 6.00. The van der Waals surface area contributed by atoms with Gasteiger partial charge in [-0.25, -0.2) is 0 Å². The van der Waals surface area contributed by atoms with Crippen LogP contribution in [0.15, 0.2) is 30.3 Å². The highest BCUT2D eigenvalue weighted by molar-refractivity contribution is 6.17. The van der Waals surface area contributed by atoms with E-state index in [1.54, 1.807) is 5.56 Å². The number of rotatable bonds is 4. The molecule has 0 saturated heterocycles. The molecule has 4 atom stereocenters. The molecule has 2 bridgehead atoms. The summed E-state index contributed by atoms with van der Waals surface area (Å²) in [5.74, 6) is 3.42. The Hall–Kier alpha value is -0.490. The fraction of sp³-hybridized carbons (Fsp3) is 0.714. The molecule has 0 N–H and O–H groups in total. The van der Waals surface area contributed by atoms with Gasteiger partial charge in [0.25, 0.3) is 0 Å². The van der Waals surface area contributed by atoms with E-state index in [0.29, 0.717) is 10.8 Å². The summed E-state index contributed by atoms with van der Waals surface area (Å²) in [6, 6.07) is 11.4. The van der Waals surface area contributed by atoms with E-state index in [0.717, 1.165) is 23.6 Å². The summed E-state index contributed by atoms with van der Waals surface area (Å²) in [6.07, 6.45) is 8.04. The predicted octanol–water partition coefficient (Wildman–Crippen LogP) is 6.43. The molecule has 1 aromatic rings. The van der Waals surface area contributed by atoms with Gasteiger partial charge >= 0.3 is 0 Å². The van der Waals surface area contributed by atoms with Crippen LogP contribution in [0.5, 0.6) is 0 Å². The number of hydrogen-bond donors (Lipinski definition) is 0. The van der Waals surface area contributed by atoms with Gasteiger partial charge in [-0.15, -0.1) is 11.6 Å². The topological polar surface area (TPSA) is 0 Å². The summed E-state index contributed by atoms with van der Waals surface area (Å²) in [7, 11) is 0. The molecule has 1 aromatic carbocycles. The lowest BCUT2D eigenvalue weighted by atomic mass is 9.48. The van der Waals surface area contributed by atoms with Gasteiger partial charge in [0.2, 0.25) is 0 Å². The van der Waals surface area contributed by atoms with E-state index < -0.39 is 0 Å². The van der Waals surface area contributed by atoms with Crippen LogP contribution in [-0.2, 0) is 5.41 Å². The van der Waals surface area contributed by atoms with E-state index >= 15 is 0 Å². The van der Waals surface area contributed by atoms with Crippen molar-refractivity contribution in [2.24, 2.45) is 23.2 Å². The molecule has 2 fully saturated rings. The smallest absolute Gasteiger partial charge is 0.0223 e. The van der Waals surface area contributed by atoms with Crippen molar-refractivity contribution in [1.29, 1.82) is 0 Å². The second kappa shape index (κ2) is 6.19. The number of halogens is 1. The maximum Gasteiger partial charge on any atom is 0.0223 e. The van der Waals surface area contributed by atoms with Crippen LogP contribution in [0.3, 0.4) is 0 Å². The van der Waals surface area contributed by atoms with Crippen LogP contribution < -0.4 is 0 Å². The van der Waals surface area contributed by atoms with Gasteiger partial charge in [-0.2, -0.15) is 0 Å². The Balaban J connectivity index is 1.92. The van der Waals surface area contributed by atoms with E-state index in [-0.39, 0.29) is 0 Å². The summed E-state index contributed by atoms with van der Waals surface area (Å²) >= 11 is 5.98. The predicted molar refractivity (Wildman–Crippen MR) is 96.5 cm³/mol. The van der Waals surface area contributed by atoms with Crippen molar-refractivity contribution in [3.05, 3.63) is 35.9 Å². The Morgan fingerprint density at radius 2 is 1.82 bits per heavy atom. The van der Waals surface area contributed by atoms with Crippen molar-refractivity contribution < 1.29 is 0 Å². The third-order valence-corrected chi connectivity index (χ3v) is 6.66. The van der Waals surface area contributed by atoms with Gasteiger partial charge in [0.15, 0.2) is 0 Å². The average Bonchev–Trinajstić information content (AvgIpc) is 2.46. The Labute approximate surface area is 141 Å². The minimum Gasteiger partial charge on any atom is -0.127 e. The maximum atomic E-state index is 5.98. The van der Waals surface area contributed by atoms with Crippen molar-refractivity contribution in [3.8, 4) is 0 Å². The molecule has 2 aliphatic carbocycles. The van der Waals surface area contributed by atoms with Crippen LogP contribution in [0.2, 0.25) is 0 Å². The first-order valence-electron chi connectivity index (χ1n) is 9.07. The number of fused-ring (bicyclic) bond motifs is 2. The second-order valence-electron chi connectivity index (χ2n) is 8.83. The molecule has 0 radical (unpaired) electrons. The van der Waals surface area contributed by atoms with Crippen molar-refractivity contribution >= 4 is 11.6 Å². The van der Waals surface area contributed by atoms with Crippen LogP contribution in [0.1, 0.15) is 64.9 Å². The number of alkyl halides is 1. The van der Waals surface area contributed by atoms with Crippen LogP contribution in [0, 0.1) is 23.2 Å². The fourth-order valence-corrected chi connectivity index (χ4v) is 6.15. The Kier molecular flexibility index (Phi) is 4.61. The maximum absolute atomic E-state index is 5.98. The summed E-state index contributed by atoms with van der Waals surface area (Å²) in [6.45, 7) is 7.48. The zero-order chi connectivity index (χ0) is 15.8. The number of benzene rings is 1. The van der Waals surface area contributed by atoms with Crippen molar-refractivity contribution in [1.82, 2.24) is 0 Å². The zero-order valence-corrected chi connectivity index (χ0v) is 15.2. The number of hydrogen-bond acceptors (Lipinski definition) is 0. The minimum atomic E-state index is 0.421. The first-order valence-corrected chi connectivity index (χ1v) is 9.61. The van der Waals surface area contributed by atoms with Crippen molar-refractivity contribution in [3.63, 3.8) is 0 Å². The van der Waals surface area contributed by atoms with Crippen molar-refractivity contribution in [2.45, 2.75) is 64.7 Å². The van der Waals surface area contributed by atoms with Crippen LogP contribution in [0.25, 0.3) is 0 Å². The molecule has 4 unspecified atom stereocenters. The molecule has 3 rings (SSSR count). The first-order chi connectivity index (χ1) is 10.5. The van der Waals surface area contributed by atoms with Gasteiger partial charge in [-0.1, -0.05) is 51.1 Å². The second-order valence-corrected chi connectivity index (χ2v) is 9.21. The van der Waals surface area contributed by atoms with E-state index in [9.17, 15) is 0 Å². The van der Waals surface area contributed by atoms with E-state index in [4.69, 9.17) is 11.6 Å². The zero-order valence-electron chi connectivity index (χ0n) is 14.4. The van der Waals surface area contributed by atoms with Gasteiger partial charge in [0.1, 0.15) is 0 Å². The lowest BCUT2D eigenvalue weighted by Crippen LogP contribution is -2.49. The molecular weight excluding hydrogens is 288 g/mol. The molecule has 0 aliphatic heterocycles. The standard InChI is InChI=1S/C21H31Cl/c1-16-12-21(18-8-5-4-6-9-18)14-17(13-20(2,3)15-21)19(16)10-7-11-22/h4-6,8-9,16-17,19H,7,10-15H2,1-3H3. The Morgan fingerprint density at radius 1 is 1.09 bits per heavy atom. The van der Waals surface area contributed by atoms with Gasteiger partial charge in [0, 0.05) is 5.88 Å². The third kappa shape index (κ3) is 3.09. The van der Waals surface area contributed by atoms with E-state index in [1.165, 1.54) is 38.5 Å². The molecule has 2 saturated carbocycles. The molecule has 0 heterocycles. The molecule has 0 aromatic heterocycles. The summed E-state index contributed by atoms with van der Waals surface area (Å²) in [4.78, 5) is 0. The summed E-state index contributed by atoms with van der Waals surface area (Å²) < 4.78 is 0. The Bertz CT molecular complexity index is 488. The van der Waals surface area contributed by atoms with Gasteiger partial charge in [-0.3, -0.25) is 0 Å². The molecule has 0 spiro atoms. The van der Waals surface area contributed by atoms with Gasteiger partial charge in [-0.05, 0) is 72.7 Å². The first kappa shape index (κ1) is 16.4. The molecule has 0 nitrogen and oxygen atoms in total. The molecule has 0 amide bonds. The molecule has 122 valence electrons. The van der Waals surface area contributed by atoms with Gasteiger partial charge in [0.05, 0.1) is 0 Å². The van der Waals surface area contributed by atoms with E-state index in [1.807, 2.05) is 0 Å². The summed E-state index contributed by atoms with van der Waals surface area (Å²) in [5.41, 5.74) is 2.48. The van der Waals surface area contributed by atoms with Crippen LogP contribution in [0.4, 0.5) is 0 Å². The normalized spacial score (nSPS) is 37.0. The highest BCUT2D eigenvalue weighted by Gasteiger charge is 2.51. The highest BCUT2D eigenvalue weighted by atomic mass is 35.5. The molecule has 1 heteroatoms.